The molecule has 0 aliphatic carbocycles. The van der Waals surface area contributed by atoms with Gasteiger partial charge in [-0.05, 0) is 36.6 Å². The van der Waals surface area contributed by atoms with Crippen LogP contribution in [0.1, 0.15) is 24.1 Å². The highest BCUT2D eigenvalue weighted by Gasteiger charge is 2.13. The third-order valence-corrected chi connectivity index (χ3v) is 3.55. The molecule has 2 heterocycles. The van der Waals surface area contributed by atoms with Crippen LogP contribution in [0.2, 0.25) is 0 Å². The molecular weight excluding hydrogens is 264 g/mol. The lowest BCUT2D eigenvalue weighted by atomic mass is 10.0. The molecule has 0 fully saturated rings. The monoisotopic (exact) mass is 282 g/mol. The fraction of sp³-hybridized carbons (Fsp3) is 0.267. The van der Waals surface area contributed by atoms with E-state index in [-0.39, 0.29) is 6.04 Å². The minimum atomic E-state index is 0.0194. The molecule has 0 saturated heterocycles. The maximum Gasteiger partial charge on any atom is 0.0890 e. The summed E-state index contributed by atoms with van der Waals surface area (Å²) in [7, 11) is 0. The van der Waals surface area contributed by atoms with E-state index in [2.05, 4.69) is 27.4 Å². The molecule has 3 rings (SSSR count). The van der Waals surface area contributed by atoms with Crippen LogP contribution in [0.3, 0.4) is 0 Å². The van der Waals surface area contributed by atoms with E-state index >= 15 is 0 Å². The first kappa shape index (κ1) is 13.7. The smallest absolute Gasteiger partial charge is 0.0890 e. The quantitative estimate of drug-likeness (QED) is 0.548. The Kier molecular flexibility index (Phi) is 3.89. The van der Waals surface area contributed by atoms with Gasteiger partial charge in [-0.25, -0.2) is 0 Å². The number of nitrogens with two attached hydrogens (primary N) is 1. The third-order valence-electron chi connectivity index (χ3n) is 3.55. The maximum absolute atomic E-state index is 5.72. The lowest BCUT2D eigenvalue weighted by molar-refractivity contribution is 0.551. The Hall–Kier alpha value is -2.31. The zero-order chi connectivity index (χ0) is 14.7. The number of hydrazine groups is 1. The topological polar surface area (TPSA) is 81.7 Å². The second-order valence-corrected chi connectivity index (χ2v) is 4.93. The fourth-order valence-electron chi connectivity index (χ4n) is 2.39. The molecule has 3 N–H and O–H groups in total. The van der Waals surface area contributed by atoms with E-state index < -0.39 is 0 Å². The molecular formula is C15H18N6. The largest absolute Gasteiger partial charge is 0.273 e. The normalized spacial score (nSPS) is 12.7. The summed E-state index contributed by atoms with van der Waals surface area (Å²) in [6.45, 7) is 2.93. The summed E-state index contributed by atoms with van der Waals surface area (Å²) in [4.78, 5) is 8.61. The second kappa shape index (κ2) is 5.99. The van der Waals surface area contributed by atoms with Gasteiger partial charge in [0.1, 0.15) is 0 Å². The minimum absolute atomic E-state index is 0.0194. The van der Waals surface area contributed by atoms with Crippen molar-refractivity contribution in [2.75, 3.05) is 0 Å². The molecule has 0 aliphatic heterocycles. The van der Waals surface area contributed by atoms with Crippen molar-refractivity contribution in [1.29, 1.82) is 0 Å². The zero-order valence-electron chi connectivity index (χ0n) is 11.9. The Labute approximate surface area is 123 Å². The number of fused-ring (bicyclic) bond motifs is 1. The first-order valence-electron chi connectivity index (χ1n) is 6.98. The van der Waals surface area contributed by atoms with Gasteiger partial charge < -0.3 is 0 Å². The molecule has 21 heavy (non-hydrogen) atoms. The summed E-state index contributed by atoms with van der Waals surface area (Å²) >= 11 is 0. The molecule has 0 bridgehead atoms. The number of hydrogen-bond donors (Lipinski definition) is 2. The average Bonchev–Trinajstić information content (AvgIpc) is 3.00. The standard InChI is InChI=1S/C15H18N6/c1-2-21-10-11(9-19-21)7-14(20-16)12-3-4-13-15(8-12)18-6-5-17-13/h3-6,8-10,14,20H,2,7,16H2,1H3. The third kappa shape index (κ3) is 2.91. The van der Waals surface area contributed by atoms with Gasteiger partial charge in [0, 0.05) is 25.1 Å². The fourth-order valence-corrected chi connectivity index (χ4v) is 2.39. The predicted molar refractivity (Wildman–Crippen MR) is 81.2 cm³/mol. The molecule has 0 radical (unpaired) electrons. The van der Waals surface area contributed by atoms with Crippen molar-refractivity contribution in [3.63, 3.8) is 0 Å². The maximum atomic E-state index is 5.72. The molecule has 1 atom stereocenters. The number of nitrogens with one attached hydrogen (secondary N) is 1. The first-order valence-corrected chi connectivity index (χ1v) is 6.98. The summed E-state index contributed by atoms with van der Waals surface area (Å²) in [5, 5.41) is 4.29. The van der Waals surface area contributed by atoms with Gasteiger partial charge in [-0.15, -0.1) is 0 Å². The minimum Gasteiger partial charge on any atom is -0.273 e. The van der Waals surface area contributed by atoms with E-state index in [0.29, 0.717) is 0 Å². The number of rotatable bonds is 5. The van der Waals surface area contributed by atoms with Crippen molar-refractivity contribution >= 4 is 11.0 Å². The van der Waals surface area contributed by atoms with Crippen LogP contribution in [0, 0.1) is 0 Å². The molecule has 2 aromatic heterocycles. The molecule has 1 unspecified atom stereocenters. The van der Waals surface area contributed by atoms with Crippen molar-refractivity contribution in [3.05, 3.63) is 54.1 Å². The lowest BCUT2D eigenvalue weighted by Gasteiger charge is -2.15. The van der Waals surface area contributed by atoms with E-state index in [0.717, 1.165) is 35.1 Å². The van der Waals surface area contributed by atoms with Crippen LogP contribution in [0.4, 0.5) is 0 Å². The molecule has 6 heteroatoms. The molecule has 0 spiro atoms. The van der Waals surface area contributed by atoms with Crippen molar-refractivity contribution in [2.45, 2.75) is 25.9 Å². The highest BCUT2D eigenvalue weighted by Crippen LogP contribution is 2.20. The van der Waals surface area contributed by atoms with Crippen LogP contribution < -0.4 is 11.3 Å². The molecule has 0 aliphatic rings. The number of aromatic nitrogens is 4. The van der Waals surface area contributed by atoms with Gasteiger partial charge in [0.25, 0.3) is 0 Å². The van der Waals surface area contributed by atoms with Crippen LogP contribution >= 0.6 is 0 Å². The van der Waals surface area contributed by atoms with Crippen LogP contribution in [0.25, 0.3) is 11.0 Å². The lowest BCUT2D eigenvalue weighted by Crippen LogP contribution is -2.29. The number of benzene rings is 1. The highest BCUT2D eigenvalue weighted by molar-refractivity contribution is 5.74. The second-order valence-electron chi connectivity index (χ2n) is 4.93. The van der Waals surface area contributed by atoms with Crippen molar-refractivity contribution in [1.82, 2.24) is 25.2 Å². The summed E-state index contributed by atoms with van der Waals surface area (Å²) < 4.78 is 1.91. The average molecular weight is 282 g/mol. The van der Waals surface area contributed by atoms with E-state index in [1.165, 1.54) is 0 Å². The van der Waals surface area contributed by atoms with E-state index in [1.807, 2.05) is 35.3 Å². The Morgan fingerprint density at radius 2 is 2.05 bits per heavy atom. The summed E-state index contributed by atoms with van der Waals surface area (Å²) in [5.41, 5.74) is 6.88. The molecule has 108 valence electrons. The van der Waals surface area contributed by atoms with Crippen LogP contribution in [-0.4, -0.2) is 19.7 Å². The van der Waals surface area contributed by atoms with Crippen molar-refractivity contribution in [2.24, 2.45) is 5.84 Å². The molecule has 1 aromatic carbocycles. The van der Waals surface area contributed by atoms with Crippen molar-refractivity contribution in [3.8, 4) is 0 Å². The van der Waals surface area contributed by atoms with Gasteiger partial charge in [-0.2, -0.15) is 5.10 Å². The van der Waals surface area contributed by atoms with E-state index in [1.54, 1.807) is 12.4 Å². The van der Waals surface area contributed by atoms with Gasteiger partial charge >= 0.3 is 0 Å². The van der Waals surface area contributed by atoms with Gasteiger partial charge in [0.2, 0.25) is 0 Å². The predicted octanol–water partition coefficient (Wildman–Crippen LogP) is 1.59. The number of nitrogens with zero attached hydrogens (tertiary/aromatic N) is 4. The molecule has 0 amide bonds. The van der Waals surface area contributed by atoms with Crippen LogP contribution in [0.5, 0.6) is 0 Å². The summed E-state index contributed by atoms with van der Waals surface area (Å²) in [6, 6.07) is 6.05. The first-order chi connectivity index (χ1) is 10.3. The Bertz CT molecular complexity index is 736. The van der Waals surface area contributed by atoms with Gasteiger partial charge in [-0.3, -0.25) is 25.9 Å². The summed E-state index contributed by atoms with van der Waals surface area (Å²) in [6.07, 6.45) is 8.10. The van der Waals surface area contributed by atoms with E-state index in [9.17, 15) is 0 Å². The van der Waals surface area contributed by atoms with Gasteiger partial charge in [-0.1, -0.05) is 6.07 Å². The van der Waals surface area contributed by atoms with Crippen LogP contribution in [0.15, 0.2) is 43.0 Å². The zero-order valence-corrected chi connectivity index (χ0v) is 11.9. The highest BCUT2D eigenvalue weighted by atomic mass is 15.3. The van der Waals surface area contributed by atoms with Crippen LogP contribution in [-0.2, 0) is 13.0 Å². The van der Waals surface area contributed by atoms with Gasteiger partial charge in [0.15, 0.2) is 0 Å². The van der Waals surface area contributed by atoms with Crippen molar-refractivity contribution < 1.29 is 0 Å². The van der Waals surface area contributed by atoms with E-state index in [4.69, 9.17) is 5.84 Å². The number of aryl methyl sites for hydroxylation is 1. The number of hydrogen-bond acceptors (Lipinski definition) is 5. The molecule has 0 saturated carbocycles. The van der Waals surface area contributed by atoms with Gasteiger partial charge in [0.05, 0.1) is 23.3 Å². The molecule has 6 nitrogen and oxygen atoms in total. The Balaban J connectivity index is 1.86. The summed E-state index contributed by atoms with van der Waals surface area (Å²) in [5.74, 6) is 5.72. The Morgan fingerprint density at radius 1 is 1.24 bits per heavy atom. The molecule has 3 aromatic rings. The SMILES string of the molecule is CCn1cc(CC(NN)c2ccc3nccnc3c2)cn1. The Morgan fingerprint density at radius 3 is 2.76 bits per heavy atom.